The molecule has 0 fully saturated rings. The van der Waals surface area contributed by atoms with Gasteiger partial charge < -0.3 is 4.74 Å². The summed E-state index contributed by atoms with van der Waals surface area (Å²) >= 11 is 3.32. The van der Waals surface area contributed by atoms with Crippen LogP contribution < -0.4 is 4.74 Å². The SMILES string of the molecule is CC(C)(C#N)CCCCOc1c(F)cccc1CBr. The number of rotatable bonds is 7. The third-order valence-electron chi connectivity index (χ3n) is 2.94. The highest BCUT2D eigenvalue weighted by Gasteiger charge is 2.15. The molecule has 0 aliphatic rings. The Labute approximate surface area is 122 Å². The van der Waals surface area contributed by atoms with E-state index in [9.17, 15) is 4.39 Å². The van der Waals surface area contributed by atoms with Crippen molar-refractivity contribution in [3.05, 3.63) is 29.6 Å². The molecule has 0 aromatic heterocycles. The number of halogens is 2. The first kappa shape index (κ1) is 16.0. The molecule has 0 spiro atoms. The fourth-order valence-corrected chi connectivity index (χ4v) is 2.16. The van der Waals surface area contributed by atoms with Crippen LogP contribution in [0.1, 0.15) is 38.7 Å². The van der Waals surface area contributed by atoms with Gasteiger partial charge in [-0.1, -0.05) is 28.1 Å². The molecule has 0 heterocycles. The Morgan fingerprint density at radius 2 is 2.11 bits per heavy atom. The first-order valence-corrected chi connectivity index (χ1v) is 7.50. The smallest absolute Gasteiger partial charge is 0.165 e. The van der Waals surface area contributed by atoms with Crippen molar-refractivity contribution in [1.29, 1.82) is 5.26 Å². The minimum Gasteiger partial charge on any atom is -0.490 e. The molecule has 0 radical (unpaired) electrons. The van der Waals surface area contributed by atoms with E-state index < -0.39 is 0 Å². The van der Waals surface area contributed by atoms with E-state index in [1.165, 1.54) is 6.07 Å². The zero-order valence-electron chi connectivity index (χ0n) is 11.4. The Kier molecular flexibility index (Phi) is 6.30. The van der Waals surface area contributed by atoms with Gasteiger partial charge in [0.15, 0.2) is 11.6 Å². The highest BCUT2D eigenvalue weighted by atomic mass is 79.9. The molecule has 0 amide bonds. The van der Waals surface area contributed by atoms with Crippen molar-refractivity contribution in [2.75, 3.05) is 6.61 Å². The second-order valence-corrected chi connectivity index (χ2v) is 5.72. The summed E-state index contributed by atoms with van der Waals surface area (Å²) in [6.07, 6.45) is 2.55. The van der Waals surface area contributed by atoms with E-state index in [0.29, 0.717) is 17.7 Å². The van der Waals surface area contributed by atoms with Gasteiger partial charge in [-0.25, -0.2) is 4.39 Å². The Bertz CT molecular complexity index is 454. The van der Waals surface area contributed by atoms with Gasteiger partial charge in [0.25, 0.3) is 0 Å². The first-order valence-electron chi connectivity index (χ1n) is 6.37. The molecule has 0 unspecified atom stereocenters. The third-order valence-corrected chi connectivity index (χ3v) is 3.54. The van der Waals surface area contributed by atoms with E-state index in [2.05, 4.69) is 22.0 Å². The zero-order valence-corrected chi connectivity index (χ0v) is 13.0. The molecule has 19 heavy (non-hydrogen) atoms. The van der Waals surface area contributed by atoms with Crippen molar-refractivity contribution in [3.8, 4) is 11.8 Å². The second-order valence-electron chi connectivity index (χ2n) is 5.16. The molecular formula is C15H19BrFNO. The predicted molar refractivity (Wildman–Crippen MR) is 77.8 cm³/mol. The molecule has 0 saturated carbocycles. The summed E-state index contributed by atoms with van der Waals surface area (Å²) in [5.74, 6) is 0.00761. The van der Waals surface area contributed by atoms with Crippen LogP contribution in [0.25, 0.3) is 0 Å². The van der Waals surface area contributed by atoms with Crippen molar-refractivity contribution in [2.45, 2.75) is 38.4 Å². The van der Waals surface area contributed by atoms with Crippen LogP contribution in [0.3, 0.4) is 0 Å². The van der Waals surface area contributed by atoms with Gasteiger partial charge >= 0.3 is 0 Å². The van der Waals surface area contributed by atoms with Crippen LogP contribution in [0.5, 0.6) is 5.75 Å². The van der Waals surface area contributed by atoms with Crippen LogP contribution in [0.4, 0.5) is 4.39 Å². The topological polar surface area (TPSA) is 33.0 Å². The van der Waals surface area contributed by atoms with E-state index >= 15 is 0 Å². The van der Waals surface area contributed by atoms with Gasteiger partial charge in [0.1, 0.15) is 0 Å². The summed E-state index contributed by atoms with van der Waals surface area (Å²) in [6.45, 7) is 4.32. The molecule has 4 heteroatoms. The average molecular weight is 328 g/mol. The van der Waals surface area contributed by atoms with Crippen LogP contribution in [0.15, 0.2) is 18.2 Å². The molecule has 0 bridgehead atoms. The second kappa shape index (κ2) is 7.49. The predicted octanol–water partition coefficient (Wildman–Crippen LogP) is 4.82. The number of hydrogen-bond acceptors (Lipinski definition) is 2. The Morgan fingerprint density at radius 1 is 1.37 bits per heavy atom. The van der Waals surface area contributed by atoms with E-state index in [1.807, 2.05) is 19.9 Å². The number of nitrogens with zero attached hydrogens (tertiary/aromatic N) is 1. The first-order chi connectivity index (χ1) is 9.00. The maximum absolute atomic E-state index is 13.6. The summed E-state index contributed by atoms with van der Waals surface area (Å²) in [5.41, 5.74) is 0.524. The van der Waals surface area contributed by atoms with Gasteiger partial charge in [-0.15, -0.1) is 0 Å². The quantitative estimate of drug-likeness (QED) is 0.531. The van der Waals surface area contributed by atoms with Crippen LogP contribution in [0.2, 0.25) is 0 Å². The Hall–Kier alpha value is -1.08. The van der Waals surface area contributed by atoms with E-state index in [4.69, 9.17) is 10.00 Å². The van der Waals surface area contributed by atoms with Crippen molar-refractivity contribution in [2.24, 2.45) is 5.41 Å². The fraction of sp³-hybridized carbons (Fsp3) is 0.533. The minimum atomic E-state index is -0.325. The number of alkyl halides is 1. The number of ether oxygens (including phenoxy) is 1. The molecule has 0 N–H and O–H groups in total. The minimum absolute atomic E-state index is 0.293. The van der Waals surface area contributed by atoms with Gasteiger partial charge in [-0.2, -0.15) is 5.26 Å². The number of para-hydroxylation sites is 1. The molecule has 2 nitrogen and oxygen atoms in total. The molecule has 104 valence electrons. The summed E-state index contributed by atoms with van der Waals surface area (Å²) < 4.78 is 19.1. The van der Waals surface area contributed by atoms with Gasteiger partial charge in [-0.05, 0) is 39.2 Å². The average Bonchev–Trinajstić information content (AvgIpc) is 2.39. The number of unbranched alkanes of at least 4 members (excludes halogenated alkanes) is 1. The van der Waals surface area contributed by atoms with E-state index in [-0.39, 0.29) is 11.2 Å². The maximum atomic E-state index is 13.6. The van der Waals surface area contributed by atoms with Crippen molar-refractivity contribution in [3.63, 3.8) is 0 Å². The molecule has 1 aromatic carbocycles. The Morgan fingerprint density at radius 3 is 2.74 bits per heavy atom. The molecule has 0 saturated heterocycles. The van der Waals surface area contributed by atoms with E-state index in [1.54, 1.807) is 6.07 Å². The van der Waals surface area contributed by atoms with Gasteiger partial charge in [0.2, 0.25) is 0 Å². The van der Waals surface area contributed by atoms with Crippen LogP contribution in [0, 0.1) is 22.6 Å². The summed E-state index contributed by atoms with van der Waals surface area (Å²) in [6, 6.07) is 7.19. The number of hydrogen-bond donors (Lipinski definition) is 0. The van der Waals surface area contributed by atoms with Crippen LogP contribution in [-0.4, -0.2) is 6.61 Å². The normalized spacial score (nSPS) is 11.1. The lowest BCUT2D eigenvalue weighted by molar-refractivity contribution is 0.280. The third kappa shape index (κ3) is 5.20. The van der Waals surface area contributed by atoms with Gasteiger partial charge in [-0.3, -0.25) is 0 Å². The lowest BCUT2D eigenvalue weighted by Gasteiger charge is -2.15. The van der Waals surface area contributed by atoms with Crippen molar-refractivity contribution in [1.82, 2.24) is 0 Å². The van der Waals surface area contributed by atoms with Crippen LogP contribution >= 0.6 is 15.9 Å². The molecule has 0 atom stereocenters. The lowest BCUT2D eigenvalue weighted by atomic mass is 9.89. The molecule has 1 aromatic rings. The van der Waals surface area contributed by atoms with Gasteiger partial charge in [0.05, 0.1) is 18.1 Å². The molecule has 0 aliphatic carbocycles. The Balaban J connectivity index is 2.40. The largest absolute Gasteiger partial charge is 0.490 e. The maximum Gasteiger partial charge on any atom is 0.165 e. The number of nitriles is 1. The van der Waals surface area contributed by atoms with Crippen LogP contribution in [-0.2, 0) is 5.33 Å². The van der Waals surface area contributed by atoms with Crippen molar-refractivity contribution >= 4 is 15.9 Å². The highest BCUT2D eigenvalue weighted by Crippen LogP contribution is 2.26. The zero-order chi connectivity index (χ0) is 14.3. The fourth-order valence-electron chi connectivity index (χ4n) is 1.72. The molecule has 0 aliphatic heterocycles. The lowest BCUT2D eigenvalue weighted by Crippen LogP contribution is -2.09. The monoisotopic (exact) mass is 327 g/mol. The summed E-state index contributed by atoms with van der Waals surface area (Å²) in [7, 11) is 0. The number of benzene rings is 1. The van der Waals surface area contributed by atoms with E-state index in [0.717, 1.165) is 24.8 Å². The molecular weight excluding hydrogens is 309 g/mol. The highest BCUT2D eigenvalue weighted by molar-refractivity contribution is 9.08. The molecule has 1 rings (SSSR count). The summed E-state index contributed by atoms with van der Waals surface area (Å²) in [4.78, 5) is 0. The van der Waals surface area contributed by atoms with Crippen molar-refractivity contribution < 1.29 is 9.13 Å². The summed E-state index contributed by atoms with van der Waals surface area (Å²) in [5, 5.41) is 9.47. The van der Waals surface area contributed by atoms with Gasteiger partial charge in [0, 0.05) is 10.9 Å². The standard InChI is InChI=1S/C15H19BrFNO/c1-15(2,11-18)8-3-4-9-19-14-12(10-16)6-5-7-13(14)17/h5-7H,3-4,8-10H2,1-2H3.